The Labute approximate surface area is 200 Å². The molecule has 34 heavy (non-hydrogen) atoms. The maximum atomic E-state index is 13.4. The smallest absolute Gasteiger partial charge is 0.266 e. The van der Waals surface area contributed by atoms with Gasteiger partial charge >= 0.3 is 0 Å². The molecule has 174 valence electrons. The molecule has 2 heterocycles. The first-order valence-corrected chi connectivity index (χ1v) is 11.4. The maximum absolute atomic E-state index is 13.4. The topological polar surface area (TPSA) is 108 Å². The van der Waals surface area contributed by atoms with E-state index < -0.39 is 0 Å². The van der Waals surface area contributed by atoms with Crippen molar-refractivity contribution in [3.8, 4) is 17.4 Å². The Balaban J connectivity index is 1.65. The number of hydrogen-bond donors (Lipinski definition) is 1. The number of fused-ring (bicyclic) bond motifs is 1. The van der Waals surface area contributed by atoms with Crippen molar-refractivity contribution in [2.45, 2.75) is 19.0 Å². The van der Waals surface area contributed by atoms with E-state index in [0.29, 0.717) is 21.7 Å². The molecule has 0 aliphatic heterocycles. The van der Waals surface area contributed by atoms with Crippen molar-refractivity contribution in [3.63, 3.8) is 0 Å². The summed E-state index contributed by atoms with van der Waals surface area (Å²) in [5.74, 6) is 0.191. The molecule has 2 aromatic carbocycles. The van der Waals surface area contributed by atoms with Crippen LogP contribution in [0.5, 0.6) is 11.8 Å². The summed E-state index contributed by atoms with van der Waals surface area (Å²) < 4.78 is 11.8. The molecule has 0 saturated carbocycles. The van der Waals surface area contributed by atoms with Gasteiger partial charge in [0.1, 0.15) is 0 Å². The van der Waals surface area contributed by atoms with Crippen molar-refractivity contribution in [3.05, 3.63) is 70.0 Å². The van der Waals surface area contributed by atoms with Crippen LogP contribution >= 0.6 is 11.8 Å². The van der Waals surface area contributed by atoms with E-state index >= 15 is 0 Å². The van der Waals surface area contributed by atoms with Gasteiger partial charge in [-0.15, -0.1) is 0 Å². The average Bonchev–Trinajstić information content (AvgIpc) is 2.84. The van der Waals surface area contributed by atoms with Crippen molar-refractivity contribution >= 4 is 34.5 Å². The Morgan fingerprint density at radius 3 is 2.35 bits per heavy atom. The number of ether oxygens (including phenoxy) is 2. The summed E-state index contributed by atoms with van der Waals surface area (Å²) in [6.45, 7) is 4.00. The minimum atomic E-state index is -0.366. The lowest BCUT2D eigenvalue weighted by Crippen LogP contribution is -2.23. The normalized spacial score (nSPS) is 10.8. The quantitative estimate of drug-likeness (QED) is 0.318. The number of para-hydroxylation sites is 1. The molecular weight excluding hydrogens is 454 g/mol. The number of nitrogens with one attached hydrogen (secondary N) is 1. The van der Waals surface area contributed by atoms with Gasteiger partial charge in [-0.2, -0.15) is 9.97 Å². The zero-order chi connectivity index (χ0) is 24.2. The molecule has 2 aromatic heterocycles. The van der Waals surface area contributed by atoms with Gasteiger partial charge in [-0.3, -0.25) is 19.5 Å². The number of benzene rings is 2. The van der Waals surface area contributed by atoms with Gasteiger partial charge in [-0.1, -0.05) is 30.0 Å². The molecule has 10 heteroatoms. The summed E-state index contributed by atoms with van der Waals surface area (Å²) in [7, 11) is 2.92. The molecule has 0 radical (unpaired) electrons. The predicted molar refractivity (Wildman–Crippen MR) is 131 cm³/mol. The molecule has 0 bridgehead atoms. The third-order valence-corrected chi connectivity index (χ3v) is 6.11. The van der Waals surface area contributed by atoms with Crippen LogP contribution in [-0.2, 0) is 4.79 Å². The van der Waals surface area contributed by atoms with E-state index in [0.717, 1.165) is 22.9 Å². The number of nitrogens with zero attached hydrogens (tertiary/aromatic N) is 4. The molecule has 0 aliphatic rings. The lowest BCUT2D eigenvalue weighted by Gasteiger charge is -2.14. The average molecular weight is 478 g/mol. The molecule has 0 saturated heterocycles. The molecule has 4 aromatic rings. The maximum Gasteiger partial charge on any atom is 0.266 e. The fourth-order valence-corrected chi connectivity index (χ4v) is 4.07. The Bertz CT molecular complexity index is 1410. The van der Waals surface area contributed by atoms with E-state index in [1.54, 1.807) is 18.2 Å². The van der Waals surface area contributed by atoms with Gasteiger partial charge in [-0.05, 0) is 49.2 Å². The van der Waals surface area contributed by atoms with Crippen molar-refractivity contribution in [2.24, 2.45) is 0 Å². The third-order valence-electron chi connectivity index (χ3n) is 5.17. The van der Waals surface area contributed by atoms with Gasteiger partial charge < -0.3 is 9.47 Å². The number of thioether (sulfide) groups is 1. The van der Waals surface area contributed by atoms with E-state index in [-0.39, 0.29) is 34.9 Å². The number of carbonyl (C=O) groups excluding carboxylic acids is 1. The van der Waals surface area contributed by atoms with Crippen LogP contribution in [0.4, 0.5) is 5.95 Å². The Morgan fingerprint density at radius 2 is 1.68 bits per heavy atom. The van der Waals surface area contributed by atoms with Crippen LogP contribution in [0.3, 0.4) is 0 Å². The van der Waals surface area contributed by atoms with Crippen molar-refractivity contribution in [1.82, 2.24) is 19.5 Å². The summed E-state index contributed by atoms with van der Waals surface area (Å²) in [6, 6.07) is 14.4. The highest BCUT2D eigenvalue weighted by atomic mass is 32.2. The van der Waals surface area contributed by atoms with Gasteiger partial charge in [0.25, 0.3) is 5.56 Å². The summed E-state index contributed by atoms with van der Waals surface area (Å²) in [5.41, 5.74) is 3.23. The van der Waals surface area contributed by atoms with E-state index in [4.69, 9.17) is 9.47 Å². The number of anilines is 1. The standard InChI is InChI=1S/C24H23N5O4S/c1-14-9-10-16(11-15(14)2)29-22(31)17-7-5-6-8-18(17)25-24(29)34-13-19(30)26-23-27-20(32-3)12-21(28-23)33-4/h5-12H,13H2,1-4H3,(H,26,27,28,30). The largest absolute Gasteiger partial charge is 0.481 e. The zero-order valence-electron chi connectivity index (χ0n) is 19.2. The molecule has 0 unspecified atom stereocenters. The lowest BCUT2D eigenvalue weighted by molar-refractivity contribution is -0.113. The van der Waals surface area contributed by atoms with Gasteiger partial charge in [0.2, 0.25) is 23.6 Å². The zero-order valence-corrected chi connectivity index (χ0v) is 20.0. The Hall–Kier alpha value is -3.92. The second-order valence-electron chi connectivity index (χ2n) is 7.43. The van der Waals surface area contributed by atoms with E-state index in [1.165, 1.54) is 24.9 Å². The minimum absolute atomic E-state index is 0.0154. The number of aromatic nitrogens is 4. The Morgan fingerprint density at radius 1 is 0.971 bits per heavy atom. The van der Waals surface area contributed by atoms with E-state index in [9.17, 15) is 9.59 Å². The predicted octanol–water partition coefficient (Wildman–Crippen LogP) is 3.54. The Kier molecular flexibility index (Phi) is 6.78. The van der Waals surface area contributed by atoms with Crippen molar-refractivity contribution in [2.75, 3.05) is 25.3 Å². The number of aryl methyl sites for hydroxylation is 2. The van der Waals surface area contributed by atoms with Gasteiger partial charge in [0.15, 0.2) is 5.16 Å². The molecule has 0 atom stereocenters. The molecule has 1 N–H and O–H groups in total. The fourth-order valence-electron chi connectivity index (χ4n) is 3.26. The molecule has 4 rings (SSSR count). The molecule has 0 aliphatic carbocycles. The first-order chi connectivity index (χ1) is 16.4. The molecule has 1 amide bonds. The van der Waals surface area contributed by atoms with E-state index in [1.807, 2.05) is 38.1 Å². The van der Waals surface area contributed by atoms with Crippen LogP contribution in [-0.4, -0.2) is 45.4 Å². The second kappa shape index (κ2) is 9.92. The lowest BCUT2D eigenvalue weighted by atomic mass is 10.1. The second-order valence-corrected chi connectivity index (χ2v) is 8.38. The fraction of sp³-hybridized carbons (Fsp3) is 0.208. The molecule has 0 spiro atoms. The number of hydrogen-bond acceptors (Lipinski definition) is 8. The monoisotopic (exact) mass is 477 g/mol. The van der Waals surface area contributed by atoms with E-state index in [2.05, 4.69) is 20.3 Å². The van der Waals surface area contributed by atoms with Crippen LogP contribution < -0.4 is 20.3 Å². The number of methoxy groups -OCH3 is 2. The van der Waals surface area contributed by atoms with Crippen LogP contribution in [0, 0.1) is 13.8 Å². The minimum Gasteiger partial charge on any atom is -0.481 e. The third kappa shape index (κ3) is 4.86. The number of carbonyl (C=O) groups is 1. The van der Waals surface area contributed by atoms with Crippen LogP contribution in [0.1, 0.15) is 11.1 Å². The highest BCUT2D eigenvalue weighted by molar-refractivity contribution is 7.99. The SMILES string of the molecule is COc1cc(OC)nc(NC(=O)CSc2nc3ccccc3c(=O)n2-c2ccc(C)c(C)c2)n1. The highest BCUT2D eigenvalue weighted by Gasteiger charge is 2.16. The summed E-state index contributed by atoms with van der Waals surface area (Å²) in [6.07, 6.45) is 0. The summed E-state index contributed by atoms with van der Waals surface area (Å²) in [4.78, 5) is 38.9. The first kappa shape index (κ1) is 23.2. The van der Waals surface area contributed by atoms with Crippen LogP contribution in [0.15, 0.2) is 58.5 Å². The summed E-state index contributed by atoms with van der Waals surface area (Å²) >= 11 is 1.15. The molecule has 0 fully saturated rings. The first-order valence-electron chi connectivity index (χ1n) is 10.4. The van der Waals surface area contributed by atoms with Crippen molar-refractivity contribution < 1.29 is 14.3 Å². The van der Waals surface area contributed by atoms with Crippen molar-refractivity contribution in [1.29, 1.82) is 0 Å². The highest BCUT2D eigenvalue weighted by Crippen LogP contribution is 2.23. The number of amides is 1. The van der Waals surface area contributed by atoms with Gasteiger partial charge in [-0.25, -0.2) is 4.98 Å². The van der Waals surface area contributed by atoms with Gasteiger partial charge in [0.05, 0.1) is 42.6 Å². The van der Waals surface area contributed by atoms with Crippen LogP contribution in [0.25, 0.3) is 16.6 Å². The number of rotatable bonds is 7. The van der Waals surface area contributed by atoms with Gasteiger partial charge in [0, 0.05) is 0 Å². The molecule has 9 nitrogen and oxygen atoms in total. The summed E-state index contributed by atoms with van der Waals surface area (Å²) in [5, 5.41) is 3.55. The van der Waals surface area contributed by atoms with Crippen LogP contribution in [0.2, 0.25) is 0 Å². The molecular formula is C24H23N5O4S.